The summed E-state index contributed by atoms with van der Waals surface area (Å²) in [5.74, 6) is 2.23. The Kier molecular flexibility index (Phi) is 5.47. The minimum absolute atomic E-state index is 0.0814. The van der Waals surface area contributed by atoms with E-state index >= 15 is 0 Å². The SMILES string of the molecule is COCCCn1c(SCc2noc(C3CC3)n2)nc2cc(Cl)ccc2c1=O. The zero-order valence-electron chi connectivity index (χ0n) is 14.9. The maximum atomic E-state index is 12.9. The number of hydrogen-bond donors (Lipinski definition) is 0. The summed E-state index contributed by atoms with van der Waals surface area (Å²) in [5.41, 5.74) is 0.506. The first-order valence-corrected chi connectivity index (χ1v) is 10.2. The molecule has 0 spiro atoms. The van der Waals surface area contributed by atoms with Crippen LogP contribution in [0.1, 0.15) is 36.9 Å². The van der Waals surface area contributed by atoms with Crippen LogP contribution in [0, 0.1) is 0 Å². The van der Waals surface area contributed by atoms with Crippen LogP contribution >= 0.6 is 23.4 Å². The maximum Gasteiger partial charge on any atom is 0.262 e. The molecule has 0 radical (unpaired) electrons. The number of methoxy groups -OCH3 is 1. The highest BCUT2D eigenvalue weighted by Gasteiger charge is 2.29. The minimum Gasteiger partial charge on any atom is -0.385 e. The van der Waals surface area contributed by atoms with Crippen LogP contribution in [0.4, 0.5) is 0 Å². The smallest absolute Gasteiger partial charge is 0.262 e. The Labute approximate surface area is 165 Å². The molecule has 3 aromatic rings. The zero-order valence-corrected chi connectivity index (χ0v) is 16.4. The number of hydrogen-bond acceptors (Lipinski definition) is 7. The Morgan fingerprint density at radius 2 is 2.22 bits per heavy atom. The molecule has 9 heteroatoms. The molecule has 7 nitrogen and oxygen atoms in total. The first-order chi connectivity index (χ1) is 13.2. The van der Waals surface area contributed by atoms with Gasteiger partial charge in [-0.3, -0.25) is 9.36 Å². The summed E-state index contributed by atoms with van der Waals surface area (Å²) in [5, 5.41) is 5.75. The largest absolute Gasteiger partial charge is 0.385 e. The summed E-state index contributed by atoms with van der Waals surface area (Å²) in [7, 11) is 1.65. The van der Waals surface area contributed by atoms with Crippen LogP contribution in [0.3, 0.4) is 0 Å². The molecular formula is C18H19ClN4O3S. The molecule has 1 aliphatic carbocycles. The van der Waals surface area contributed by atoms with Crippen molar-refractivity contribution in [3.05, 3.63) is 45.3 Å². The van der Waals surface area contributed by atoms with Crippen LogP contribution in [0.25, 0.3) is 10.9 Å². The van der Waals surface area contributed by atoms with E-state index in [4.69, 9.17) is 20.9 Å². The first kappa shape index (κ1) is 18.5. The lowest BCUT2D eigenvalue weighted by atomic mass is 10.2. The quantitative estimate of drug-likeness (QED) is 0.321. The average Bonchev–Trinajstić information content (AvgIpc) is 3.40. The van der Waals surface area contributed by atoms with Crippen LogP contribution < -0.4 is 5.56 Å². The zero-order chi connectivity index (χ0) is 18.8. The Morgan fingerprint density at radius 1 is 1.37 bits per heavy atom. The number of thioether (sulfide) groups is 1. The standard InChI is InChI=1S/C18H19ClN4O3S/c1-25-8-2-7-23-17(24)13-6-5-12(19)9-14(13)20-18(23)27-10-15-21-16(26-22-15)11-3-4-11/h5-6,9,11H,2-4,7-8,10H2,1H3. The van der Waals surface area contributed by atoms with Crippen LogP contribution in [-0.2, 0) is 17.0 Å². The van der Waals surface area contributed by atoms with Crippen molar-refractivity contribution in [3.63, 3.8) is 0 Å². The van der Waals surface area contributed by atoms with Gasteiger partial charge in [-0.25, -0.2) is 4.98 Å². The summed E-state index contributed by atoms with van der Waals surface area (Å²) >= 11 is 7.49. The average molecular weight is 407 g/mol. The van der Waals surface area contributed by atoms with E-state index in [1.807, 2.05) is 0 Å². The van der Waals surface area contributed by atoms with E-state index in [1.165, 1.54) is 11.8 Å². The van der Waals surface area contributed by atoms with E-state index in [2.05, 4.69) is 15.1 Å². The number of nitrogens with zero attached hydrogens (tertiary/aromatic N) is 4. The summed E-state index contributed by atoms with van der Waals surface area (Å²) in [6, 6.07) is 5.13. The Balaban J connectivity index is 1.62. The van der Waals surface area contributed by atoms with Crippen molar-refractivity contribution >= 4 is 34.3 Å². The molecule has 0 atom stereocenters. The van der Waals surface area contributed by atoms with Crippen molar-refractivity contribution in [2.45, 2.75) is 42.6 Å². The van der Waals surface area contributed by atoms with Gasteiger partial charge in [0.2, 0.25) is 5.89 Å². The van der Waals surface area contributed by atoms with Crippen molar-refractivity contribution in [3.8, 4) is 0 Å². The lowest BCUT2D eigenvalue weighted by Gasteiger charge is -2.12. The molecule has 1 saturated carbocycles. The Morgan fingerprint density at radius 3 is 3.00 bits per heavy atom. The normalized spacial score (nSPS) is 14.1. The number of halogens is 1. The topological polar surface area (TPSA) is 83.0 Å². The molecule has 1 aliphatic rings. The van der Waals surface area contributed by atoms with E-state index in [9.17, 15) is 4.79 Å². The molecule has 2 aromatic heterocycles. The van der Waals surface area contributed by atoms with Crippen molar-refractivity contribution < 1.29 is 9.26 Å². The predicted molar refractivity (Wildman–Crippen MR) is 103 cm³/mol. The summed E-state index contributed by atoms with van der Waals surface area (Å²) in [4.78, 5) is 22.0. The van der Waals surface area contributed by atoms with Crippen LogP contribution in [0.5, 0.6) is 0 Å². The minimum atomic E-state index is -0.0814. The summed E-state index contributed by atoms with van der Waals surface area (Å²) in [6.07, 6.45) is 2.94. The van der Waals surface area contributed by atoms with Gasteiger partial charge >= 0.3 is 0 Å². The third kappa shape index (κ3) is 4.17. The maximum absolute atomic E-state index is 12.9. The molecule has 0 bridgehead atoms. The van der Waals surface area contributed by atoms with Gasteiger partial charge in [-0.1, -0.05) is 28.5 Å². The monoisotopic (exact) mass is 406 g/mol. The van der Waals surface area contributed by atoms with Gasteiger partial charge in [0, 0.05) is 31.2 Å². The number of ether oxygens (including phenoxy) is 1. The van der Waals surface area contributed by atoms with E-state index in [1.54, 1.807) is 29.9 Å². The summed E-state index contributed by atoms with van der Waals surface area (Å²) in [6.45, 7) is 1.10. The molecule has 2 heterocycles. The Hall–Kier alpha value is -1.90. The molecule has 0 aliphatic heterocycles. The van der Waals surface area contributed by atoms with E-state index in [0.717, 1.165) is 19.3 Å². The lowest BCUT2D eigenvalue weighted by Crippen LogP contribution is -2.24. The fourth-order valence-electron chi connectivity index (χ4n) is 2.80. The van der Waals surface area contributed by atoms with E-state index in [0.29, 0.717) is 57.6 Å². The van der Waals surface area contributed by atoms with E-state index < -0.39 is 0 Å². The number of benzene rings is 1. The van der Waals surface area contributed by atoms with E-state index in [-0.39, 0.29) is 5.56 Å². The van der Waals surface area contributed by atoms with Crippen molar-refractivity contribution in [1.29, 1.82) is 0 Å². The van der Waals surface area contributed by atoms with Crippen molar-refractivity contribution in [2.75, 3.05) is 13.7 Å². The second kappa shape index (κ2) is 8.00. The highest BCUT2D eigenvalue weighted by atomic mass is 35.5. The third-order valence-corrected chi connectivity index (χ3v) is 5.56. The Bertz CT molecular complexity index is 1020. The van der Waals surface area contributed by atoms with Gasteiger partial charge in [0.25, 0.3) is 5.56 Å². The second-order valence-corrected chi connectivity index (χ2v) is 7.85. The third-order valence-electron chi connectivity index (χ3n) is 4.35. The van der Waals surface area contributed by atoms with Gasteiger partial charge in [-0.15, -0.1) is 0 Å². The molecule has 1 fully saturated rings. The van der Waals surface area contributed by atoms with Gasteiger partial charge in [0.05, 0.1) is 16.7 Å². The molecular weight excluding hydrogens is 388 g/mol. The molecule has 4 rings (SSSR count). The van der Waals surface area contributed by atoms with Crippen LogP contribution in [0.15, 0.2) is 32.7 Å². The van der Waals surface area contributed by atoms with Crippen molar-refractivity contribution in [2.24, 2.45) is 0 Å². The highest BCUT2D eigenvalue weighted by molar-refractivity contribution is 7.98. The van der Waals surface area contributed by atoms with Crippen molar-refractivity contribution in [1.82, 2.24) is 19.7 Å². The second-order valence-electron chi connectivity index (χ2n) is 6.47. The lowest BCUT2D eigenvalue weighted by molar-refractivity contribution is 0.189. The number of fused-ring (bicyclic) bond motifs is 1. The molecule has 0 N–H and O–H groups in total. The molecule has 0 unspecified atom stereocenters. The number of aromatic nitrogens is 4. The predicted octanol–water partition coefficient (Wildman–Crippen LogP) is 3.64. The molecule has 1 aromatic carbocycles. The number of rotatable bonds is 8. The first-order valence-electron chi connectivity index (χ1n) is 8.80. The van der Waals surface area contributed by atoms with Gasteiger partial charge in [-0.05, 0) is 37.5 Å². The molecule has 142 valence electrons. The fourth-order valence-corrected chi connectivity index (χ4v) is 3.83. The van der Waals surface area contributed by atoms with Gasteiger partial charge in [-0.2, -0.15) is 4.98 Å². The van der Waals surface area contributed by atoms with Crippen LogP contribution in [0.2, 0.25) is 5.02 Å². The van der Waals surface area contributed by atoms with Crippen LogP contribution in [-0.4, -0.2) is 33.4 Å². The van der Waals surface area contributed by atoms with Gasteiger partial charge in [0.15, 0.2) is 11.0 Å². The highest BCUT2D eigenvalue weighted by Crippen LogP contribution is 2.39. The summed E-state index contributed by atoms with van der Waals surface area (Å²) < 4.78 is 12.1. The molecule has 0 amide bonds. The fraction of sp³-hybridized carbons (Fsp3) is 0.444. The molecule has 0 saturated heterocycles. The molecule has 27 heavy (non-hydrogen) atoms. The van der Waals surface area contributed by atoms with Gasteiger partial charge in [0.1, 0.15) is 0 Å². The van der Waals surface area contributed by atoms with Gasteiger partial charge < -0.3 is 9.26 Å².